The first-order chi connectivity index (χ1) is 10.9. The Kier molecular flexibility index (Phi) is 3.35. The molecule has 6 heteroatoms. The highest BCUT2D eigenvalue weighted by molar-refractivity contribution is 5.94. The van der Waals surface area contributed by atoms with Crippen LogP contribution in [0.25, 0.3) is 0 Å². The van der Waals surface area contributed by atoms with Gasteiger partial charge in [0, 0.05) is 12.2 Å². The molecule has 0 spiro atoms. The lowest BCUT2D eigenvalue weighted by Gasteiger charge is -2.44. The summed E-state index contributed by atoms with van der Waals surface area (Å²) < 4.78 is 11.5. The highest BCUT2D eigenvalue weighted by Gasteiger charge is 2.46. The topological polar surface area (TPSA) is 71.6 Å². The lowest BCUT2D eigenvalue weighted by molar-refractivity contribution is -0.137. The predicted molar refractivity (Wildman–Crippen MR) is 83.6 cm³/mol. The van der Waals surface area contributed by atoms with Gasteiger partial charge in [0.2, 0.25) is 0 Å². The summed E-state index contributed by atoms with van der Waals surface area (Å²) >= 11 is 0. The van der Waals surface area contributed by atoms with Gasteiger partial charge in [-0.3, -0.25) is 9.59 Å². The van der Waals surface area contributed by atoms with Crippen molar-refractivity contribution in [3.8, 4) is 0 Å². The molecule has 0 unspecified atom stereocenters. The summed E-state index contributed by atoms with van der Waals surface area (Å²) in [7, 11) is 0. The molecule has 1 aliphatic carbocycles. The molecule has 1 aromatic heterocycles. The first-order valence-corrected chi connectivity index (χ1v) is 8.24. The number of ether oxygens (including phenoxy) is 2. The standard InChI is InChI=1S/C17H22N2O4/c1-17(2)9-19(13-7-22-8-14(13)23-17)16(21)11-5-6-12(10-3-4-10)18-15(11)20/h5-6,10,13-14H,3-4,7-9H2,1-2H3,(H,18,20)/t13-,14-/m1/s1. The molecule has 1 N–H and O–H groups in total. The zero-order valence-corrected chi connectivity index (χ0v) is 13.5. The van der Waals surface area contributed by atoms with E-state index >= 15 is 0 Å². The lowest BCUT2D eigenvalue weighted by Crippen LogP contribution is -2.60. The van der Waals surface area contributed by atoms with Gasteiger partial charge in [0.15, 0.2) is 0 Å². The van der Waals surface area contributed by atoms with Crippen LogP contribution < -0.4 is 5.56 Å². The van der Waals surface area contributed by atoms with Crippen LogP contribution in [0, 0.1) is 0 Å². The number of nitrogens with one attached hydrogen (secondary N) is 1. The number of carbonyl (C=O) groups excluding carboxylic acids is 1. The van der Waals surface area contributed by atoms with E-state index in [1.165, 1.54) is 0 Å². The van der Waals surface area contributed by atoms with Crippen molar-refractivity contribution in [2.45, 2.75) is 50.4 Å². The van der Waals surface area contributed by atoms with E-state index in [2.05, 4.69) is 4.98 Å². The number of hydrogen-bond donors (Lipinski definition) is 1. The molecule has 2 saturated heterocycles. The third-order valence-corrected chi connectivity index (χ3v) is 4.86. The number of morpholine rings is 1. The van der Waals surface area contributed by atoms with Crippen LogP contribution in [0.15, 0.2) is 16.9 Å². The van der Waals surface area contributed by atoms with E-state index < -0.39 is 5.60 Å². The van der Waals surface area contributed by atoms with Gasteiger partial charge in [-0.25, -0.2) is 0 Å². The molecule has 1 amide bonds. The highest BCUT2D eigenvalue weighted by Crippen LogP contribution is 2.38. The number of fused-ring (bicyclic) bond motifs is 1. The van der Waals surface area contributed by atoms with Crippen molar-refractivity contribution in [2.75, 3.05) is 19.8 Å². The molecule has 23 heavy (non-hydrogen) atoms. The summed E-state index contributed by atoms with van der Waals surface area (Å²) in [6, 6.07) is 3.43. The monoisotopic (exact) mass is 318 g/mol. The fraction of sp³-hybridized carbons (Fsp3) is 0.647. The molecular weight excluding hydrogens is 296 g/mol. The third-order valence-electron chi connectivity index (χ3n) is 4.86. The van der Waals surface area contributed by atoms with Gasteiger partial charge in [0.1, 0.15) is 11.7 Å². The van der Waals surface area contributed by atoms with Crippen molar-refractivity contribution >= 4 is 5.91 Å². The average Bonchev–Trinajstić information content (AvgIpc) is 3.24. The van der Waals surface area contributed by atoms with Gasteiger partial charge in [0.25, 0.3) is 11.5 Å². The number of aromatic nitrogens is 1. The number of amides is 1. The molecule has 2 aliphatic heterocycles. The van der Waals surface area contributed by atoms with Crippen LogP contribution in [-0.2, 0) is 9.47 Å². The Bertz CT molecular complexity index is 692. The maximum atomic E-state index is 12.9. The van der Waals surface area contributed by atoms with Crippen LogP contribution in [0.1, 0.15) is 48.7 Å². The number of pyridine rings is 1. The Morgan fingerprint density at radius 3 is 2.78 bits per heavy atom. The zero-order valence-electron chi connectivity index (χ0n) is 13.5. The number of H-pyrrole nitrogens is 1. The first kappa shape index (κ1) is 14.9. The fourth-order valence-electron chi connectivity index (χ4n) is 3.57. The minimum atomic E-state index is -0.439. The molecule has 1 aromatic rings. The van der Waals surface area contributed by atoms with Crippen LogP contribution >= 0.6 is 0 Å². The van der Waals surface area contributed by atoms with E-state index in [1.54, 1.807) is 11.0 Å². The maximum absolute atomic E-state index is 12.9. The molecule has 1 saturated carbocycles. The van der Waals surface area contributed by atoms with E-state index in [-0.39, 0.29) is 29.2 Å². The van der Waals surface area contributed by atoms with Crippen molar-refractivity contribution in [2.24, 2.45) is 0 Å². The minimum Gasteiger partial charge on any atom is -0.376 e. The normalized spacial score (nSPS) is 29.4. The zero-order chi connectivity index (χ0) is 16.2. The van der Waals surface area contributed by atoms with E-state index in [0.717, 1.165) is 18.5 Å². The molecule has 3 aliphatic rings. The molecule has 0 aromatic carbocycles. The number of rotatable bonds is 2. The Morgan fingerprint density at radius 1 is 1.30 bits per heavy atom. The smallest absolute Gasteiger partial charge is 0.261 e. The molecule has 3 fully saturated rings. The van der Waals surface area contributed by atoms with Crippen molar-refractivity contribution in [3.63, 3.8) is 0 Å². The second-order valence-corrected chi connectivity index (χ2v) is 7.38. The van der Waals surface area contributed by atoms with Gasteiger partial charge in [0.05, 0.1) is 24.9 Å². The Hall–Kier alpha value is -1.66. The van der Waals surface area contributed by atoms with Crippen LogP contribution in [-0.4, -0.2) is 53.3 Å². The number of nitrogens with zero attached hydrogens (tertiary/aromatic N) is 1. The number of carbonyl (C=O) groups is 1. The summed E-state index contributed by atoms with van der Waals surface area (Å²) in [5.74, 6) is 0.229. The fourth-order valence-corrected chi connectivity index (χ4v) is 3.57. The van der Waals surface area contributed by atoms with Gasteiger partial charge in [-0.15, -0.1) is 0 Å². The summed E-state index contributed by atoms with van der Waals surface area (Å²) in [6.07, 6.45) is 2.11. The van der Waals surface area contributed by atoms with E-state index in [0.29, 0.717) is 25.7 Å². The third kappa shape index (κ3) is 2.70. The largest absolute Gasteiger partial charge is 0.376 e. The average molecular weight is 318 g/mol. The SMILES string of the molecule is CC1(C)CN(C(=O)c2ccc(C3CC3)[nH]c2=O)[C@@H]2COC[C@H]2O1. The summed E-state index contributed by atoms with van der Waals surface area (Å²) in [6.45, 7) is 5.34. The van der Waals surface area contributed by atoms with E-state index in [4.69, 9.17) is 9.47 Å². The van der Waals surface area contributed by atoms with Crippen molar-refractivity contribution in [3.05, 3.63) is 33.7 Å². The summed E-state index contributed by atoms with van der Waals surface area (Å²) in [4.78, 5) is 29.9. The minimum absolute atomic E-state index is 0.113. The quantitative estimate of drug-likeness (QED) is 0.891. The summed E-state index contributed by atoms with van der Waals surface area (Å²) in [5, 5.41) is 0. The van der Waals surface area contributed by atoms with Crippen LogP contribution in [0.5, 0.6) is 0 Å². The van der Waals surface area contributed by atoms with Crippen LogP contribution in [0.3, 0.4) is 0 Å². The second kappa shape index (κ2) is 5.18. The van der Waals surface area contributed by atoms with E-state index in [9.17, 15) is 9.59 Å². The molecule has 0 radical (unpaired) electrons. The van der Waals surface area contributed by atoms with Gasteiger partial charge < -0.3 is 19.4 Å². The lowest BCUT2D eigenvalue weighted by atomic mass is 9.99. The molecule has 3 heterocycles. The molecular formula is C17H22N2O4. The summed E-state index contributed by atoms with van der Waals surface area (Å²) in [5.41, 5.74) is 0.415. The molecule has 6 nitrogen and oxygen atoms in total. The van der Waals surface area contributed by atoms with Crippen molar-refractivity contribution in [1.29, 1.82) is 0 Å². The van der Waals surface area contributed by atoms with Gasteiger partial charge in [-0.05, 0) is 44.7 Å². The number of aromatic amines is 1. The Morgan fingerprint density at radius 2 is 2.09 bits per heavy atom. The van der Waals surface area contributed by atoms with Crippen molar-refractivity contribution in [1.82, 2.24) is 9.88 Å². The second-order valence-electron chi connectivity index (χ2n) is 7.38. The highest BCUT2D eigenvalue weighted by atomic mass is 16.6. The van der Waals surface area contributed by atoms with Crippen molar-refractivity contribution < 1.29 is 14.3 Å². The Labute approximate surface area is 134 Å². The molecule has 2 atom stereocenters. The van der Waals surface area contributed by atoms with E-state index in [1.807, 2.05) is 19.9 Å². The van der Waals surface area contributed by atoms with Gasteiger partial charge in [-0.2, -0.15) is 0 Å². The van der Waals surface area contributed by atoms with Crippen LogP contribution in [0.2, 0.25) is 0 Å². The molecule has 4 rings (SSSR count). The molecule has 0 bridgehead atoms. The predicted octanol–water partition coefficient (Wildman–Crippen LogP) is 1.27. The van der Waals surface area contributed by atoms with Gasteiger partial charge in [-0.1, -0.05) is 0 Å². The molecule has 124 valence electrons. The number of hydrogen-bond acceptors (Lipinski definition) is 4. The van der Waals surface area contributed by atoms with Gasteiger partial charge >= 0.3 is 0 Å². The van der Waals surface area contributed by atoms with Crippen LogP contribution in [0.4, 0.5) is 0 Å². The maximum Gasteiger partial charge on any atom is 0.261 e. The first-order valence-electron chi connectivity index (χ1n) is 8.24. The Balaban J connectivity index is 1.63.